The number of ether oxygens (including phenoxy) is 2. The molecule has 11 nitrogen and oxygen atoms in total. The fourth-order valence-corrected chi connectivity index (χ4v) is 4.29. The lowest BCUT2D eigenvalue weighted by atomic mass is 9.93. The Labute approximate surface area is 243 Å². The minimum atomic E-state index is -1.21. The number of benzene rings is 1. The van der Waals surface area contributed by atoms with Crippen LogP contribution in [-0.2, 0) is 28.7 Å². The highest BCUT2D eigenvalue weighted by molar-refractivity contribution is 5.94. The molecule has 0 saturated carbocycles. The van der Waals surface area contributed by atoms with Crippen molar-refractivity contribution in [3.8, 4) is 0 Å². The molecule has 1 aromatic carbocycles. The van der Waals surface area contributed by atoms with Gasteiger partial charge in [0.15, 0.2) is 0 Å². The first kappa shape index (κ1) is 35.4. The van der Waals surface area contributed by atoms with E-state index in [1.807, 2.05) is 39.0 Å². The predicted molar refractivity (Wildman–Crippen MR) is 156 cm³/mol. The van der Waals surface area contributed by atoms with Crippen LogP contribution < -0.4 is 16.4 Å². The first-order chi connectivity index (χ1) is 19.0. The molecule has 41 heavy (non-hydrogen) atoms. The maximum Gasteiger partial charge on any atom is 0.408 e. The van der Waals surface area contributed by atoms with Gasteiger partial charge in [-0.3, -0.25) is 19.2 Å². The number of nitrogens with zero attached hydrogens (tertiary/aromatic N) is 1. The highest BCUT2D eigenvalue weighted by Gasteiger charge is 2.39. The molecule has 3 atom stereocenters. The van der Waals surface area contributed by atoms with Gasteiger partial charge < -0.3 is 30.7 Å². The molecule has 1 rings (SSSR count). The van der Waals surface area contributed by atoms with E-state index in [1.165, 1.54) is 12.0 Å². The van der Waals surface area contributed by atoms with E-state index in [0.29, 0.717) is 17.9 Å². The number of primary amides is 1. The Balaban J connectivity index is 3.73. The Bertz CT molecular complexity index is 1080. The van der Waals surface area contributed by atoms with E-state index in [-0.39, 0.29) is 19.4 Å². The number of esters is 1. The number of carbonyl (C=O) groups is 5. The van der Waals surface area contributed by atoms with Gasteiger partial charge in [-0.05, 0) is 77.8 Å². The van der Waals surface area contributed by atoms with Gasteiger partial charge in [0, 0.05) is 12.5 Å². The zero-order valence-electron chi connectivity index (χ0n) is 26.0. The highest BCUT2D eigenvalue weighted by Crippen LogP contribution is 2.30. The van der Waals surface area contributed by atoms with Crippen LogP contribution in [0.4, 0.5) is 4.79 Å². The summed E-state index contributed by atoms with van der Waals surface area (Å²) in [6, 6.07) is 2.76. The molecule has 0 bridgehead atoms. The van der Waals surface area contributed by atoms with Crippen molar-refractivity contribution >= 4 is 29.8 Å². The van der Waals surface area contributed by atoms with Gasteiger partial charge in [-0.15, -0.1) is 0 Å². The summed E-state index contributed by atoms with van der Waals surface area (Å²) >= 11 is 0. The van der Waals surface area contributed by atoms with Crippen LogP contribution >= 0.6 is 0 Å². The summed E-state index contributed by atoms with van der Waals surface area (Å²) < 4.78 is 10.1. The number of aryl methyl sites for hydroxylation is 2. The van der Waals surface area contributed by atoms with Crippen molar-refractivity contribution in [2.24, 2.45) is 11.7 Å². The van der Waals surface area contributed by atoms with E-state index < -0.39 is 53.5 Å². The molecule has 4 N–H and O–H groups in total. The van der Waals surface area contributed by atoms with Crippen molar-refractivity contribution in [1.29, 1.82) is 0 Å². The molecule has 0 aliphatic carbocycles. The SMILES string of the molecule is COC(=O)CNC(=O)C(c1cc(C)ccc1C)N(C(=O)C(CCC(N)=O)NC(=O)OC(C)(C)C)C(C)CCC(C)C. The van der Waals surface area contributed by atoms with Gasteiger partial charge in [-0.1, -0.05) is 37.6 Å². The molecule has 11 heteroatoms. The Morgan fingerprint density at radius 3 is 2.17 bits per heavy atom. The van der Waals surface area contributed by atoms with Crippen LogP contribution in [0, 0.1) is 19.8 Å². The quantitative estimate of drug-likeness (QED) is 0.286. The van der Waals surface area contributed by atoms with E-state index in [0.717, 1.165) is 17.5 Å². The topological polar surface area (TPSA) is 157 Å². The average molecular weight is 577 g/mol. The van der Waals surface area contributed by atoms with Gasteiger partial charge in [-0.2, -0.15) is 0 Å². The van der Waals surface area contributed by atoms with Crippen LogP contribution in [0.5, 0.6) is 0 Å². The summed E-state index contributed by atoms with van der Waals surface area (Å²) in [5, 5.41) is 5.19. The lowest BCUT2D eigenvalue weighted by Gasteiger charge is -2.39. The maximum absolute atomic E-state index is 14.4. The predicted octanol–water partition coefficient (Wildman–Crippen LogP) is 3.45. The van der Waals surface area contributed by atoms with Crippen LogP contribution in [0.1, 0.15) is 90.0 Å². The monoisotopic (exact) mass is 576 g/mol. The van der Waals surface area contributed by atoms with Crippen molar-refractivity contribution in [1.82, 2.24) is 15.5 Å². The Morgan fingerprint density at radius 1 is 1.00 bits per heavy atom. The number of hydrogen-bond donors (Lipinski definition) is 3. The van der Waals surface area contributed by atoms with Gasteiger partial charge in [0.1, 0.15) is 24.2 Å². The van der Waals surface area contributed by atoms with Crippen LogP contribution in [0.3, 0.4) is 0 Å². The van der Waals surface area contributed by atoms with E-state index in [1.54, 1.807) is 20.8 Å². The molecule has 0 fully saturated rings. The minimum absolute atomic E-state index is 0.0931. The molecule has 0 aliphatic heterocycles. The van der Waals surface area contributed by atoms with Crippen LogP contribution in [-0.4, -0.2) is 66.0 Å². The largest absolute Gasteiger partial charge is 0.468 e. The molecule has 0 radical (unpaired) electrons. The first-order valence-corrected chi connectivity index (χ1v) is 14.0. The summed E-state index contributed by atoms with van der Waals surface area (Å²) in [6.07, 6.45) is 0.213. The van der Waals surface area contributed by atoms with E-state index in [9.17, 15) is 24.0 Å². The number of hydrogen-bond acceptors (Lipinski definition) is 7. The second kappa shape index (κ2) is 16.0. The van der Waals surface area contributed by atoms with Crippen LogP contribution in [0.2, 0.25) is 0 Å². The molecule has 1 aromatic rings. The molecule has 0 heterocycles. The second-order valence-corrected chi connectivity index (χ2v) is 11.8. The normalized spacial score (nSPS) is 13.5. The summed E-state index contributed by atoms with van der Waals surface area (Å²) in [7, 11) is 1.21. The number of amides is 4. The third-order valence-electron chi connectivity index (χ3n) is 6.45. The number of nitrogens with one attached hydrogen (secondary N) is 2. The minimum Gasteiger partial charge on any atom is -0.468 e. The molecule has 0 aliphatic rings. The molecular formula is C30H48N4O7. The summed E-state index contributed by atoms with van der Waals surface area (Å²) in [5.41, 5.74) is 6.76. The summed E-state index contributed by atoms with van der Waals surface area (Å²) in [5.74, 6) is -2.12. The van der Waals surface area contributed by atoms with E-state index >= 15 is 0 Å². The lowest BCUT2D eigenvalue weighted by Crippen LogP contribution is -2.56. The maximum atomic E-state index is 14.4. The molecule has 0 spiro atoms. The summed E-state index contributed by atoms with van der Waals surface area (Å²) in [6.45, 7) is 14.3. The average Bonchev–Trinajstić information content (AvgIpc) is 2.86. The summed E-state index contributed by atoms with van der Waals surface area (Å²) in [4.78, 5) is 66.0. The van der Waals surface area contributed by atoms with Gasteiger partial charge in [-0.25, -0.2) is 4.79 Å². The third kappa shape index (κ3) is 12.2. The van der Waals surface area contributed by atoms with E-state index in [2.05, 4.69) is 29.2 Å². The number of carbonyl (C=O) groups excluding carboxylic acids is 5. The van der Waals surface area contributed by atoms with Crippen LogP contribution in [0.15, 0.2) is 18.2 Å². The Hall–Kier alpha value is -3.63. The van der Waals surface area contributed by atoms with Gasteiger partial charge in [0.05, 0.1) is 7.11 Å². The fourth-order valence-electron chi connectivity index (χ4n) is 4.29. The van der Waals surface area contributed by atoms with Gasteiger partial charge in [0.2, 0.25) is 17.7 Å². The molecule has 0 aromatic heterocycles. The lowest BCUT2D eigenvalue weighted by molar-refractivity contribution is -0.146. The zero-order chi connectivity index (χ0) is 31.5. The molecular weight excluding hydrogens is 528 g/mol. The van der Waals surface area contributed by atoms with Gasteiger partial charge in [0.25, 0.3) is 0 Å². The standard InChI is InChI=1S/C30H48N4O7/c1-18(2)10-13-21(5)34(28(38)23(14-15-24(31)35)33-29(39)41-30(6,7)8)26(27(37)32-17-25(36)40-9)22-16-19(3)11-12-20(22)4/h11-12,16,18,21,23,26H,10,13-15,17H2,1-9H3,(H2,31,35)(H,32,37)(H,33,39). The smallest absolute Gasteiger partial charge is 0.408 e. The van der Waals surface area contributed by atoms with E-state index in [4.69, 9.17) is 10.5 Å². The number of alkyl carbamates (subject to hydrolysis) is 1. The number of nitrogens with two attached hydrogens (primary N) is 1. The third-order valence-corrected chi connectivity index (χ3v) is 6.45. The van der Waals surface area contributed by atoms with Gasteiger partial charge >= 0.3 is 12.1 Å². The molecule has 0 saturated heterocycles. The molecule has 3 unspecified atom stereocenters. The van der Waals surface area contributed by atoms with Crippen molar-refractivity contribution < 1.29 is 33.4 Å². The van der Waals surface area contributed by atoms with Crippen molar-refractivity contribution in [2.45, 2.75) is 105 Å². The zero-order valence-corrected chi connectivity index (χ0v) is 26.0. The molecule has 4 amide bonds. The van der Waals surface area contributed by atoms with Crippen molar-refractivity contribution in [2.75, 3.05) is 13.7 Å². The fraction of sp³-hybridized carbons (Fsp3) is 0.633. The van der Waals surface area contributed by atoms with Crippen LogP contribution in [0.25, 0.3) is 0 Å². The van der Waals surface area contributed by atoms with Crippen molar-refractivity contribution in [3.05, 3.63) is 34.9 Å². The Kier molecular flexibility index (Phi) is 13.8. The number of rotatable bonds is 14. The second-order valence-electron chi connectivity index (χ2n) is 11.8. The Morgan fingerprint density at radius 2 is 1.63 bits per heavy atom. The van der Waals surface area contributed by atoms with Crippen molar-refractivity contribution in [3.63, 3.8) is 0 Å². The first-order valence-electron chi connectivity index (χ1n) is 14.0. The molecule has 230 valence electrons. The number of methoxy groups -OCH3 is 1. The highest BCUT2D eigenvalue weighted by atomic mass is 16.6.